The molecule has 5 heteroatoms. The zero-order chi connectivity index (χ0) is 23.9. The van der Waals surface area contributed by atoms with Gasteiger partial charge in [0.2, 0.25) is 0 Å². The van der Waals surface area contributed by atoms with Gasteiger partial charge in [0, 0.05) is 35.1 Å². The topological polar surface area (TPSA) is 62.5 Å². The van der Waals surface area contributed by atoms with Gasteiger partial charge in [0.1, 0.15) is 0 Å². The van der Waals surface area contributed by atoms with E-state index in [1.54, 1.807) is 6.07 Å². The molecule has 1 aromatic heterocycles. The van der Waals surface area contributed by atoms with Crippen LogP contribution >= 0.6 is 0 Å². The summed E-state index contributed by atoms with van der Waals surface area (Å²) in [6.07, 6.45) is 11.4. The molecule has 1 N–H and O–H groups in total. The van der Waals surface area contributed by atoms with Crippen LogP contribution in [0, 0.1) is 0 Å². The molecule has 0 atom stereocenters. The molecule has 3 heterocycles. The molecule has 35 heavy (non-hydrogen) atoms. The molecular formula is C30H32N2O3. The molecule has 1 saturated carbocycles. The van der Waals surface area contributed by atoms with E-state index in [1.165, 1.54) is 36.9 Å². The highest BCUT2D eigenvalue weighted by molar-refractivity contribution is 6.03. The standard InChI is InChI=1S/C30H32N2O3/c33-29(31-15-7-2-8-16-31)23-17-21-11-5-6-12-24(21)28-27(20-9-3-1-4-10-20)25-14-13-22(30(34)35)18-26(25)32(28)19-23/h5-6,11-14,17-18,20H,1-4,7-10,15-16,19H2,(H,34,35). The molecule has 0 unspecified atom stereocenters. The maximum atomic E-state index is 13.7. The number of aromatic carboxylic acids is 1. The van der Waals surface area contributed by atoms with Crippen molar-refractivity contribution in [2.75, 3.05) is 13.1 Å². The van der Waals surface area contributed by atoms with Crippen LogP contribution in [0.1, 0.15) is 78.8 Å². The first kappa shape index (κ1) is 22.1. The van der Waals surface area contributed by atoms with E-state index >= 15 is 0 Å². The van der Waals surface area contributed by atoms with Crippen molar-refractivity contribution in [1.82, 2.24) is 9.47 Å². The first-order valence-electron chi connectivity index (χ1n) is 13.1. The lowest BCUT2D eigenvalue weighted by Gasteiger charge is -2.28. The molecule has 1 amide bonds. The molecule has 3 aliphatic rings. The zero-order valence-corrected chi connectivity index (χ0v) is 20.1. The van der Waals surface area contributed by atoms with Crippen molar-refractivity contribution in [2.45, 2.75) is 63.8 Å². The molecule has 180 valence electrons. The number of fused-ring (bicyclic) bond motifs is 5. The number of carbonyl (C=O) groups excluding carboxylic acids is 1. The Morgan fingerprint density at radius 1 is 0.886 bits per heavy atom. The van der Waals surface area contributed by atoms with Crippen molar-refractivity contribution in [3.8, 4) is 11.3 Å². The number of carbonyl (C=O) groups is 2. The van der Waals surface area contributed by atoms with E-state index in [-0.39, 0.29) is 5.91 Å². The number of rotatable bonds is 3. The fourth-order valence-electron chi connectivity index (χ4n) is 6.44. The van der Waals surface area contributed by atoms with Crippen molar-refractivity contribution in [3.05, 3.63) is 64.7 Å². The lowest BCUT2D eigenvalue weighted by Crippen LogP contribution is -2.37. The van der Waals surface area contributed by atoms with Gasteiger partial charge in [0.05, 0.1) is 17.8 Å². The second-order valence-electron chi connectivity index (χ2n) is 10.3. The number of carboxylic acid groups (broad SMARTS) is 1. The summed E-state index contributed by atoms with van der Waals surface area (Å²) < 4.78 is 2.24. The maximum absolute atomic E-state index is 13.7. The van der Waals surface area contributed by atoms with Crippen LogP contribution in [0.25, 0.3) is 28.2 Å². The molecule has 2 aromatic carbocycles. The van der Waals surface area contributed by atoms with Gasteiger partial charge in [-0.25, -0.2) is 4.79 Å². The Morgan fingerprint density at radius 3 is 2.40 bits per heavy atom. The lowest BCUT2D eigenvalue weighted by atomic mass is 9.81. The second kappa shape index (κ2) is 9.03. The first-order valence-corrected chi connectivity index (χ1v) is 13.1. The second-order valence-corrected chi connectivity index (χ2v) is 10.3. The van der Waals surface area contributed by atoms with Gasteiger partial charge < -0.3 is 14.6 Å². The average Bonchev–Trinajstić information content (AvgIpc) is 3.11. The Kier molecular flexibility index (Phi) is 5.71. The van der Waals surface area contributed by atoms with Crippen LogP contribution in [0.4, 0.5) is 0 Å². The SMILES string of the molecule is O=C(O)c1ccc2c(C3CCCCC3)c3n(c2c1)CC(C(=O)N1CCCCC1)=Cc1ccccc1-3. The highest BCUT2D eigenvalue weighted by Gasteiger charge is 2.31. The van der Waals surface area contributed by atoms with Crippen molar-refractivity contribution in [1.29, 1.82) is 0 Å². The van der Waals surface area contributed by atoms with E-state index in [0.717, 1.165) is 66.4 Å². The molecule has 0 radical (unpaired) electrons. The Morgan fingerprint density at radius 2 is 1.63 bits per heavy atom. The van der Waals surface area contributed by atoms with Crippen molar-refractivity contribution in [2.24, 2.45) is 0 Å². The highest BCUT2D eigenvalue weighted by atomic mass is 16.4. The van der Waals surface area contributed by atoms with Crippen LogP contribution in [0.5, 0.6) is 0 Å². The van der Waals surface area contributed by atoms with Crippen LogP contribution in [0.3, 0.4) is 0 Å². The molecule has 1 aliphatic carbocycles. The fourth-order valence-corrected chi connectivity index (χ4v) is 6.44. The maximum Gasteiger partial charge on any atom is 0.335 e. The average molecular weight is 469 g/mol. The van der Waals surface area contributed by atoms with Crippen molar-refractivity contribution < 1.29 is 14.7 Å². The monoisotopic (exact) mass is 468 g/mol. The number of carboxylic acids is 1. The van der Waals surface area contributed by atoms with Gasteiger partial charge in [-0.2, -0.15) is 0 Å². The van der Waals surface area contributed by atoms with Gasteiger partial charge in [0.25, 0.3) is 5.91 Å². The third-order valence-electron chi connectivity index (χ3n) is 8.16. The summed E-state index contributed by atoms with van der Waals surface area (Å²) in [7, 11) is 0. The van der Waals surface area contributed by atoms with Gasteiger partial charge in [-0.3, -0.25) is 4.79 Å². The third-order valence-corrected chi connectivity index (χ3v) is 8.16. The van der Waals surface area contributed by atoms with Crippen LogP contribution < -0.4 is 0 Å². The summed E-state index contributed by atoms with van der Waals surface area (Å²) in [5.41, 5.74) is 6.72. The zero-order valence-electron chi connectivity index (χ0n) is 20.1. The number of benzene rings is 2. The number of amides is 1. The van der Waals surface area contributed by atoms with Gasteiger partial charge in [0.15, 0.2) is 0 Å². The van der Waals surface area contributed by atoms with E-state index in [4.69, 9.17) is 0 Å². The Hall–Kier alpha value is -3.34. The van der Waals surface area contributed by atoms with E-state index in [1.807, 2.05) is 23.1 Å². The van der Waals surface area contributed by atoms with Gasteiger partial charge in [-0.05, 0) is 67.4 Å². The quantitative estimate of drug-likeness (QED) is 0.480. The van der Waals surface area contributed by atoms with Crippen LogP contribution in [0.15, 0.2) is 48.0 Å². The summed E-state index contributed by atoms with van der Waals surface area (Å²) in [5.74, 6) is -0.357. The van der Waals surface area contributed by atoms with Crippen LogP contribution in [0.2, 0.25) is 0 Å². The molecular weight excluding hydrogens is 436 g/mol. The van der Waals surface area contributed by atoms with Crippen LogP contribution in [-0.2, 0) is 11.3 Å². The van der Waals surface area contributed by atoms with Crippen LogP contribution in [-0.4, -0.2) is 39.5 Å². The van der Waals surface area contributed by atoms with E-state index < -0.39 is 5.97 Å². The minimum atomic E-state index is -0.921. The molecule has 3 aromatic rings. The normalized spacial score (nSPS) is 18.5. The van der Waals surface area contributed by atoms with Gasteiger partial charge >= 0.3 is 5.97 Å². The lowest BCUT2D eigenvalue weighted by molar-refractivity contribution is -0.128. The van der Waals surface area contributed by atoms with E-state index in [0.29, 0.717) is 18.0 Å². The molecule has 5 nitrogen and oxygen atoms in total. The molecule has 2 aliphatic heterocycles. The van der Waals surface area contributed by atoms with E-state index in [2.05, 4.69) is 28.8 Å². The predicted molar refractivity (Wildman–Crippen MR) is 139 cm³/mol. The number of nitrogens with zero attached hydrogens (tertiary/aromatic N) is 2. The van der Waals surface area contributed by atoms with Crippen molar-refractivity contribution in [3.63, 3.8) is 0 Å². The molecule has 2 fully saturated rings. The summed E-state index contributed by atoms with van der Waals surface area (Å²) in [6, 6.07) is 13.9. The predicted octanol–water partition coefficient (Wildman–Crippen LogP) is 6.46. The minimum Gasteiger partial charge on any atom is -0.478 e. The van der Waals surface area contributed by atoms with Gasteiger partial charge in [-0.15, -0.1) is 0 Å². The smallest absolute Gasteiger partial charge is 0.335 e. The highest BCUT2D eigenvalue weighted by Crippen LogP contribution is 2.46. The Labute approximate surface area is 206 Å². The third kappa shape index (κ3) is 3.87. The first-order chi connectivity index (χ1) is 17.1. The number of hydrogen-bond acceptors (Lipinski definition) is 2. The number of hydrogen-bond donors (Lipinski definition) is 1. The Balaban J connectivity index is 1.59. The fraction of sp³-hybridized carbons (Fsp3) is 0.400. The van der Waals surface area contributed by atoms with Gasteiger partial charge in [-0.1, -0.05) is 49.6 Å². The summed E-state index contributed by atoms with van der Waals surface area (Å²) in [5, 5.41) is 10.9. The molecule has 0 bridgehead atoms. The number of piperidine rings is 1. The number of likely N-dealkylation sites (tertiary alicyclic amines) is 1. The number of aromatic nitrogens is 1. The van der Waals surface area contributed by atoms with Crippen molar-refractivity contribution >= 4 is 28.9 Å². The van der Waals surface area contributed by atoms with E-state index in [9.17, 15) is 14.7 Å². The summed E-state index contributed by atoms with van der Waals surface area (Å²) >= 11 is 0. The Bertz CT molecular complexity index is 1340. The molecule has 1 saturated heterocycles. The molecule has 6 rings (SSSR count). The summed E-state index contributed by atoms with van der Waals surface area (Å²) in [4.78, 5) is 27.6. The largest absolute Gasteiger partial charge is 0.478 e. The molecule has 0 spiro atoms. The minimum absolute atomic E-state index is 0.114. The summed E-state index contributed by atoms with van der Waals surface area (Å²) in [6.45, 7) is 2.09.